The largest absolute Gasteiger partial charge is 0.340 e. The summed E-state index contributed by atoms with van der Waals surface area (Å²) >= 11 is 3.42. The first-order chi connectivity index (χ1) is 10.4. The van der Waals surface area contributed by atoms with Gasteiger partial charge in [0.1, 0.15) is 5.54 Å². The minimum atomic E-state index is -0.957. The molecule has 1 saturated carbocycles. The Morgan fingerprint density at radius 1 is 1.39 bits per heavy atom. The Morgan fingerprint density at radius 2 is 2.04 bits per heavy atom. The van der Waals surface area contributed by atoms with E-state index < -0.39 is 17.5 Å². The van der Waals surface area contributed by atoms with Gasteiger partial charge in [-0.1, -0.05) is 34.1 Å². The zero-order valence-corrected chi connectivity index (χ0v) is 14.6. The molecule has 0 radical (unpaired) electrons. The van der Waals surface area contributed by atoms with Crippen LogP contribution < -0.4 is 16.4 Å². The van der Waals surface area contributed by atoms with E-state index in [1.54, 1.807) is 0 Å². The average Bonchev–Trinajstić information content (AvgIpc) is 2.42. The Hall–Kier alpha value is -1.44. The fourth-order valence-corrected chi connectivity index (χ4v) is 3.41. The van der Waals surface area contributed by atoms with Crippen molar-refractivity contribution in [3.63, 3.8) is 0 Å². The van der Waals surface area contributed by atoms with Crippen molar-refractivity contribution in [3.05, 3.63) is 34.3 Å². The number of carbonyl (C=O) groups excluding carboxylic acids is 3. The van der Waals surface area contributed by atoms with Crippen molar-refractivity contribution >= 4 is 46.1 Å². The number of amides is 3. The first-order valence-electron chi connectivity index (χ1n) is 7.07. The van der Waals surface area contributed by atoms with Gasteiger partial charge in [-0.3, -0.25) is 19.7 Å². The van der Waals surface area contributed by atoms with E-state index in [1.165, 1.54) is 0 Å². The number of nitrogens with two attached hydrogens (primary N) is 1. The maximum atomic E-state index is 12.3. The molecule has 2 heterocycles. The van der Waals surface area contributed by atoms with E-state index in [4.69, 9.17) is 5.73 Å². The molecule has 23 heavy (non-hydrogen) atoms. The van der Waals surface area contributed by atoms with Crippen molar-refractivity contribution < 1.29 is 14.4 Å². The number of imide groups is 1. The van der Waals surface area contributed by atoms with Crippen LogP contribution in [-0.4, -0.2) is 29.3 Å². The smallest absolute Gasteiger partial charge is 0.252 e. The molecule has 8 heteroatoms. The van der Waals surface area contributed by atoms with Crippen LogP contribution in [0.4, 0.5) is 0 Å². The zero-order valence-electron chi connectivity index (χ0n) is 12.2. The number of benzene rings is 1. The lowest BCUT2D eigenvalue weighted by Crippen LogP contribution is -2.74. The molecule has 2 aliphatic heterocycles. The van der Waals surface area contributed by atoms with Crippen LogP contribution in [0.25, 0.3) is 0 Å². The van der Waals surface area contributed by atoms with Crippen LogP contribution in [0.1, 0.15) is 18.4 Å². The van der Waals surface area contributed by atoms with Gasteiger partial charge in [0.25, 0.3) is 5.91 Å². The van der Waals surface area contributed by atoms with Gasteiger partial charge < -0.3 is 11.1 Å². The summed E-state index contributed by atoms with van der Waals surface area (Å²) < 4.78 is 0.890. The predicted molar refractivity (Wildman–Crippen MR) is 89.8 cm³/mol. The van der Waals surface area contributed by atoms with Crippen molar-refractivity contribution in [2.45, 2.75) is 30.8 Å². The van der Waals surface area contributed by atoms with Crippen LogP contribution in [-0.2, 0) is 20.8 Å². The molecule has 1 aromatic carbocycles. The minimum Gasteiger partial charge on any atom is -0.340 e. The number of hydrogen-bond acceptors (Lipinski definition) is 4. The van der Waals surface area contributed by atoms with Crippen LogP contribution in [0.3, 0.4) is 0 Å². The van der Waals surface area contributed by atoms with Gasteiger partial charge in [-0.15, -0.1) is 12.4 Å². The van der Waals surface area contributed by atoms with Gasteiger partial charge in [-0.05, 0) is 30.9 Å². The van der Waals surface area contributed by atoms with Gasteiger partial charge in [-0.2, -0.15) is 0 Å². The zero-order chi connectivity index (χ0) is 15.9. The summed E-state index contributed by atoms with van der Waals surface area (Å²) in [6.07, 6.45) is 1.10. The molecule has 1 atom stereocenters. The summed E-state index contributed by atoms with van der Waals surface area (Å²) in [6.45, 7) is 0. The van der Waals surface area contributed by atoms with Crippen LogP contribution in [0.2, 0.25) is 0 Å². The van der Waals surface area contributed by atoms with Crippen molar-refractivity contribution in [1.29, 1.82) is 0 Å². The van der Waals surface area contributed by atoms with E-state index in [1.807, 2.05) is 24.3 Å². The molecule has 0 unspecified atom stereocenters. The Kier molecular flexibility index (Phi) is 5.13. The predicted octanol–water partition coefficient (Wildman–Crippen LogP) is 0.662. The lowest BCUT2D eigenvalue weighted by atomic mass is 9.64. The second-order valence-electron chi connectivity index (χ2n) is 5.90. The molecule has 0 aromatic heterocycles. The average molecular weight is 403 g/mol. The van der Waals surface area contributed by atoms with Gasteiger partial charge in [-0.25, -0.2) is 0 Å². The lowest BCUT2D eigenvalue weighted by molar-refractivity contribution is -0.155. The highest BCUT2D eigenvalue weighted by atomic mass is 79.9. The topological polar surface area (TPSA) is 101 Å². The summed E-state index contributed by atoms with van der Waals surface area (Å²) in [4.78, 5) is 35.6. The summed E-state index contributed by atoms with van der Waals surface area (Å²) in [5, 5.41) is 5.01. The molecule has 3 fully saturated rings. The quantitative estimate of drug-likeness (QED) is 0.644. The molecule has 1 aliphatic carbocycles. The Bertz CT molecular complexity index is 661. The first kappa shape index (κ1) is 17.9. The standard InChI is InChI=1S/C15H16BrN3O3.ClH/c16-10-4-2-1-3-8(10)5-11(17)13(21)19-15-6-9(7-15)12(20)18-14(15)22;/h1-4,9,11H,5-7,17H2,(H,19,21)(H,18,20,22);1H/t9?,11-,15?;/m1./s1. The number of rotatable bonds is 4. The van der Waals surface area contributed by atoms with Crippen LogP contribution in [0, 0.1) is 5.92 Å². The van der Waals surface area contributed by atoms with Crippen LogP contribution in [0.5, 0.6) is 0 Å². The molecule has 3 amide bonds. The van der Waals surface area contributed by atoms with Crippen LogP contribution in [0.15, 0.2) is 28.7 Å². The highest BCUT2D eigenvalue weighted by Crippen LogP contribution is 2.41. The SMILES string of the molecule is Cl.N[C@H](Cc1ccccc1Br)C(=O)NC12CC(C1)C(=O)NC2=O. The Labute approximate surface area is 148 Å². The highest BCUT2D eigenvalue weighted by Gasteiger charge is 2.58. The molecule has 3 aliphatic rings. The summed E-state index contributed by atoms with van der Waals surface area (Å²) in [6, 6.07) is 6.78. The fraction of sp³-hybridized carbons (Fsp3) is 0.400. The van der Waals surface area contributed by atoms with Crippen LogP contribution >= 0.6 is 28.3 Å². The van der Waals surface area contributed by atoms with E-state index in [2.05, 4.69) is 26.6 Å². The monoisotopic (exact) mass is 401 g/mol. The number of fused-ring (bicyclic) bond motifs is 2. The molecule has 1 aromatic rings. The third kappa shape index (κ3) is 3.27. The van der Waals surface area contributed by atoms with Crippen molar-refractivity contribution in [3.8, 4) is 0 Å². The third-order valence-electron chi connectivity index (χ3n) is 4.33. The maximum Gasteiger partial charge on any atom is 0.252 e. The van der Waals surface area contributed by atoms with Gasteiger partial charge >= 0.3 is 0 Å². The molecular weight excluding hydrogens is 386 g/mol. The van der Waals surface area contributed by atoms with E-state index in [-0.39, 0.29) is 30.1 Å². The number of piperidine rings is 2. The van der Waals surface area contributed by atoms with Crippen molar-refractivity contribution in [2.75, 3.05) is 0 Å². The molecule has 6 nitrogen and oxygen atoms in total. The second-order valence-corrected chi connectivity index (χ2v) is 6.75. The molecule has 2 saturated heterocycles. The normalized spacial score (nSPS) is 26.4. The van der Waals surface area contributed by atoms with Crippen molar-refractivity contribution in [2.24, 2.45) is 11.7 Å². The molecule has 4 N–H and O–H groups in total. The highest BCUT2D eigenvalue weighted by molar-refractivity contribution is 9.10. The number of carbonyl (C=O) groups is 3. The van der Waals surface area contributed by atoms with Gasteiger partial charge in [0.2, 0.25) is 11.8 Å². The molecule has 4 rings (SSSR count). The molecular formula is C15H17BrClN3O3. The van der Waals surface area contributed by atoms with E-state index in [0.717, 1.165) is 10.0 Å². The third-order valence-corrected chi connectivity index (χ3v) is 5.10. The molecule has 124 valence electrons. The Morgan fingerprint density at radius 3 is 2.65 bits per heavy atom. The van der Waals surface area contributed by atoms with E-state index in [0.29, 0.717) is 19.3 Å². The van der Waals surface area contributed by atoms with Gasteiger partial charge in [0.15, 0.2) is 0 Å². The summed E-state index contributed by atoms with van der Waals surface area (Å²) in [7, 11) is 0. The summed E-state index contributed by atoms with van der Waals surface area (Å²) in [5.74, 6) is -1.24. The van der Waals surface area contributed by atoms with Gasteiger partial charge in [0, 0.05) is 10.4 Å². The molecule has 2 bridgehead atoms. The second kappa shape index (κ2) is 6.59. The van der Waals surface area contributed by atoms with E-state index >= 15 is 0 Å². The van der Waals surface area contributed by atoms with Gasteiger partial charge in [0.05, 0.1) is 6.04 Å². The Balaban J connectivity index is 0.00000192. The van der Waals surface area contributed by atoms with E-state index in [9.17, 15) is 14.4 Å². The molecule has 0 spiro atoms. The maximum absolute atomic E-state index is 12.3. The lowest BCUT2D eigenvalue weighted by Gasteiger charge is -2.49. The minimum absolute atomic E-state index is 0. The van der Waals surface area contributed by atoms with Crippen molar-refractivity contribution in [1.82, 2.24) is 10.6 Å². The number of hydrogen-bond donors (Lipinski definition) is 3. The first-order valence-corrected chi connectivity index (χ1v) is 7.87. The fourth-order valence-electron chi connectivity index (χ4n) is 2.97. The number of nitrogens with one attached hydrogen (secondary N) is 2. The summed E-state index contributed by atoms with van der Waals surface area (Å²) in [5.41, 5.74) is 5.92. The number of halogens is 2.